The molecule has 1 aliphatic heterocycles. The van der Waals surface area contributed by atoms with Crippen molar-refractivity contribution in [1.29, 1.82) is 0 Å². The van der Waals surface area contributed by atoms with Crippen molar-refractivity contribution in [3.8, 4) is 0 Å². The molecule has 1 N–H and O–H groups in total. The quantitative estimate of drug-likeness (QED) is 0.841. The van der Waals surface area contributed by atoms with Crippen molar-refractivity contribution in [2.75, 3.05) is 24.5 Å². The molecular weight excluding hydrogens is 272 g/mol. The van der Waals surface area contributed by atoms with Gasteiger partial charge in [-0.1, -0.05) is 13.8 Å². The Morgan fingerprint density at radius 3 is 2.60 bits per heavy atom. The molecule has 1 atom stereocenters. The fourth-order valence-corrected chi connectivity index (χ4v) is 2.37. The predicted molar refractivity (Wildman–Crippen MR) is 70.2 cm³/mol. The largest absolute Gasteiger partial charge is 0.416 e. The molecule has 0 radical (unpaired) electrons. The molecule has 0 aliphatic carbocycles. The van der Waals surface area contributed by atoms with Crippen molar-refractivity contribution in [1.82, 2.24) is 5.32 Å². The smallest absolute Gasteiger partial charge is 0.366 e. The minimum atomic E-state index is -4.45. The Morgan fingerprint density at radius 2 is 2.00 bits per heavy atom. The molecule has 1 heterocycles. The van der Waals surface area contributed by atoms with E-state index in [1.165, 1.54) is 0 Å². The number of halogens is 4. The van der Waals surface area contributed by atoms with Crippen LogP contribution >= 0.6 is 0 Å². The van der Waals surface area contributed by atoms with E-state index in [-0.39, 0.29) is 11.7 Å². The third-order valence-electron chi connectivity index (χ3n) is 3.62. The molecule has 112 valence electrons. The maximum Gasteiger partial charge on any atom is 0.416 e. The van der Waals surface area contributed by atoms with E-state index >= 15 is 0 Å². The van der Waals surface area contributed by atoms with Crippen LogP contribution < -0.4 is 10.2 Å². The van der Waals surface area contributed by atoms with E-state index in [0.717, 1.165) is 18.2 Å². The van der Waals surface area contributed by atoms with Crippen molar-refractivity contribution in [3.63, 3.8) is 0 Å². The van der Waals surface area contributed by atoms with Crippen LogP contribution in [0.1, 0.15) is 19.4 Å². The first-order chi connectivity index (χ1) is 9.29. The number of hydrogen-bond donors (Lipinski definition) is 1. The second-order valence-corrected chi connectivity index (χ2v) is 5.41. The van der Waals surface area contributed by atoms with Crippen LogP contribution in [-0.2, 0) is 6.18 Å². The summed E-state index contributed by atoms with van der Waals surface area (Å²) < 4.78 is 52.0. The van der Waals surface area contributed by atoms with E-state index in [1.807, 2.05) is 13.8 Å². The zero-order valence-corrected chi connectivity index (χ0v) is 11.5. The zero-order valence-electron chi connectivity index (χ0n) is 11.5. The van der Waals surface area contributed by atoms with Gasteiger partial charge in [-0.3, -0.25) is 0 Å². The van der Waals surface area contributed by atoms with Gasteiger partial charge in [0.1, 0.15) is 5.82 Å². The van der Waals surface area contributed by atoms with Crippen LogP contribution in [0.2, 0.25) is 0 Å². The Balaban J connectivity index is 2.27. The Morgan fingerprint density at radius 1 is 1.30 bits per heavy atom. The van der Waals surface area contributed by atoms with Gasteiger partial charge in [0, 0.05) is 25.7 Å². The topological polar surface area (TPSA) is 15.3 Å². The fraction of sp³-hybridized carbons (Fsp3) is 0.571. The van der Waals surface area contributed by atoms with Gasteiger partial charge in [0.2, 0.25) is 0 Å². The van der Waals surface area contributed by atoms with Crippen LogP contribution in [0.3, 0.4) is 0 Å². The molecule has 1 saturated heterocycles. The summed E-state index contributed by atoms with van der Waals surface area (Å²) in [7, 11) is 0. The number of nitrogens with one attached hydrogen (secondary N) is 1. The van der Waals surface area contributed by atoms with Crippen molar-refractivity contribution < 1.29 is 17.6 Å². The molecule has 0 saturated carbocycles. The second-order valence-electron chi connectivity index (χ2n) is 5.41. The maximum absolute atomic E-state index is 13.8. The van der Waals surface area contributed by atoms with Gasteiger partial charge in [0.25, 0.3) is 0 Å². The summed E-state index contributed by atoms with van der Waals surface area (Å²) in [6, 6.07) is 2.72. The second kappa shape index (κ2) is 5.60. The lowest BCUT2D eigenvalue weighted by Gasteiger charge is -2.37. The van der Waals surface area contributed by atoms with Crippen molar-refractivity contribution in [3.05, 3.63) is 29.6 Å². The Hall–Kier alpha value is -1.30. The molecule has 1 aromatic rings. The van der Waals surface area contributed by atoms with E-state index < -0.39 is 17.6 Å². The first kappa shape index (κ1) is 15.1. The van der Waals surface area contributed by atoms with Gasteiger partial charge >= 0.3 is 6.18 Å². The van der Waals surface area contributed by atoms with Gasteiger partial charge in [-0.2, -0.15) is 13.2 Å². The number of alkyl halides is 3. The van der Waals surface area contributed by atoms with Crippen LogP contribution in [0, 0.1) is 11.7 Å². The Kier molecular flexibility index (Phi) is 4.22. The van der Waals surface area contributed by atoms with Crippen molar-refractivity contribution >= 4 is 5.69 Å². The molecule has 2 rings (SSSR count). The highest BCUT2D eigenvalue weighted by molar-refractivity contribution is 5.51. The maximum atomic E-state index is 13.8. The highest BCUT2D eigenvalue weighted by Crippen LogP contribution is 2.33. The molecule has 0 spiro atoms. The molecule has 1 unspecified atom stereocenters. The van der Waals surface area contributed by atoms with Crippen LogP contribution in [-0.4, -0.2) is 25.7 Å². The minimum Gasteiger partial charge on any atom is -0.366 e. The fourth-order valence-electron chi connectivity index (χ4n) is 2.37. The lowest BCUT2D eigenvalue weighted by atomic mass is 10.0. The first-order valence-corrected chi connectivity index (χ1v) is 6.64. The third kappa shape index (κ3) is 3.23. The third-order valence-corrected chi connectivity index (χ3v) is 3.62. The Labute approximate surface area is 115 Å². The lowest BCUT2D eigenvalue weighted by molar-refractivity contribution is -0.137. The molecule has 1 aromatic carbocycles. The van der Waals surface area contributed by atoms with Crippen LogP contribution in [0.5, 0.6) is 0 Å². The number of benzene rings is 1. The standard InChI is InChI=1S/C14H18F4N2/c1-9(2)12-8-20(6-5-19-12)13-7-10(14(16,17)18)3-4-11(13)15/h3-4,7,9,12,19H,5-6,8H2,1-2H3. The van der Waals surface area contributed by atoms with E-state index in [9.17, 15) is 17.6 Å². The van der Waals surface area contributed by atoms with Crippen LogP contribution in [0.4, 0.5) is 23.2 Å². The van der Waals surface area contributed by atoms with E-state index in [0.29, 0.717) is 25.6 Å². The zero-order chi connectivity index (χ0) is 14.9. The summed E-state index contributed by atoms with van der Waals surface area (Å²) in [6.45, 7) is 5.71. The molecule has 1 aliphatic rings. The molecule has 6 heteroatoms. The minimum absolute atomic E-state index is 0.0342. The van der Waals surface area contributed by atoms with Crippen LogP contribution in [0.15, 0.2) is 18.2 Å². The predicted octanol–water partition coefficient (Wildman–Crippen LogP) is 3.28. The van der Waals surface area contributed by atoms with Gasteiger partial charge in [-0.15, -0.1) is 0 Å². The van der Waals surface area contributed by atoms with E-state index in [4.69, 9.17) is 0 Å². The Bertz CT molecular complexity index is 471. The summed E-state index contributed by atoms with van der Waals surface area (Å²) in [5.41, 5.74) is -0.777. The number of nitrogens with zero attached hydrogens (tertiary/aromatic N) is 1. The molecule has 1 fully saturated rings. The van der Waals surface area contributed by atoms with Gasteiger partial charge in [-0.25, -0.2) is 4.39 Å². The highest BCUT2D eigenvalue weighted by Gasteiger charge is 2.32. The molecule has 0 amide bonds. The summed E-state index contributed by atoms with van der Waals surface area (Å²) in [4.78, 5) is 1.69. The first-order valence-electron chi connectivity index (χ1n) is 6.64. The van der Waals surface area contributed by atoms with Crippen LogP contribution in [0.25, 0.3) is 0 Å². The molecular formula is C14H18F4N2. The lowest BCUT2D eigenvalue weighted by Crippen LogP contribution is -2.53. The average molecular weight is 290 g/mol. The van der Waals surface area contributed by atoms with E-state index in [1.54, 1.807) is 4.90 Å². The van der Waals surface area contributed by atoms with Gasteiger partial charge < -0.3 is 10.2 Å². The normalized spacial score (nSPS) is 20.6. The van der Waals surface area contributed by atoms with Gasteiger partial charge in [0.15, 0.2) is 0 Å². The summed E-state index contributed by atoms with van der Waals surface area (Å²) >= 11 is 0. The number of piperazine rings is 1. The van der Waals surface area contributed by atoms with E-state index in [2.05, 4.69) is 5.32 Å². The van der Waals surface area contributed by atoms with Crippen molar-refractivity contribution in [2.45, 2.75) is 26.1 Å². The SMILES string of the molecule is CC(C)C1CN(c2cc(C(F)(F)F)ccc2F)CCN1. The van der Waals surface area contributed by atoms with Crippen molar-refractivity contribution in [2.24, 2.45) is 5.92 Å². The molecule has 0 bridgehead atoms. The summed E-state index contributed by atoms with van der Waals surface area (Å²) in [5.74, 6) is -0.269. The number of hydrogen-bond acceptors (Lipinski definition) is 2. The number of rotatable bonds is 2. The highest BCUT2D eigenvalue weighted by atomic mass is 19.4. The monoisotopic (exact) mass is 290 g/mol. The van der Waals surface area contributed by atoms with Gasteiger partial charge in [-0.05, 0) is 24.1 Å². The van der Waals surface area contributed by atoms with Gasteiger partial charge in [0.05, 0.1) is 11.3 Å². The average Bonchev–Trinajstić information content (AvgIpc) is 2.38. The summed E-state index contributed by atoms with van der Waals surface area (Å²) in [5, 5.41) is 3.30. The molecule has 2 nitrogen and oxygen atoms in total. The molecule has 20 heavy (non-hydrogen) atoms. The summed E-state index contributed by atoms with van der Waals surface area (Å²) in [6.07, 6.45) is -4.45. The molecule has 0 aromatic heterocycles. The number of anilines is 1.